The molecular formula is C18H28N4O5. The largest absolute Gasteiger partial charge is 0.468 e. The lowest BCUT2D eigenvalue weighted by Crippen LogP contribution is -2.50. The highest BCUT2D eigenvalue weighted by Gasteiger charge is 2.36. The van der Waals surface area contributed by atoms with E-state index in [9.17, 15) is 14.4 Å². The molecule has 3 atom stereocenters. The van der Waals surface area contributed by atoms with E-state index in [2.05, 4.69) is 20.4 Å². The number of hydrogen-bond donors (Lipinski definition) is 2. The second kappa shape index (κ2) is 10.1. The lowest BCUT2D eigenvalue weighted by molar-refractivity contribution is -0.142. The Morgan fingerprint density at radius 1 is 1.33 bits per heavy atom. The Labute approximate surface area is 158 Å². The molecule has 1 heterocycles. The third-order valence-electron chi connectivity index (χ3n) is 4.67. The van der Waals surface area contributed by atoms with Crippen LogP contribution in [0.3, 0.4) is 0 Å². The molecule has 0 bridgehead atoms. The van der Waals surface area contributed by atoms with E-state index in [1.165, 1.54) is 7.11 Å². The van der Waals surface area contributed by atoms with E-state index in [1.807, 2.05) is 6.92 Å². The first kappa shape index (κ1) is 20.9. The van der Waals surface area contributed by atoms with Gasteiger partial charge in [0.05, 0.1) is 19.3 Å². The number of ether oxygens (including phenoxy) is 2. The SMILES string of the molecule is CCCO[C@@H]1C[C@@H](C(=O)NCC(=O)OC)CC[C@H]1NC(=O)c1nccn1C. The summed E-state index contributed by atoms with van der Waals surface area (Å²) in [5.74, 6) is -0.872. The van der Waals surface area contributed by atoms with E-state index in [0.717, 1.165) is 6.42 Å². The molecule has 0 saturated heterocycles. The minimum Gasteiger partial charge on any atom is -0.468 e. The van der Waals surface area contributed by atoms with Gasteiger partial charge in [-0.3, -0.25) is 14.4 Å². The summed E-state index contributed by atoms with van der Waals surface area (Å²) in [4.78, 5) is 40.0. The standard InChI is InChI=1S/C18H28N4O5/c1-4-9-27-14-10-12(17(24)20-11-15(23)26-3)5-6-13(14)21-18(25)16-19-7-8-22(16)2/h7-8,12-14H,4-6,9-11H2,1-3H3,(H,20,24)(H,21,25)/t12-,13+,14+/m0/s1. The van der Waals surface area contributed by atoms with Crippen LogP contribution in [0.25, 0.3) is 0 Å². The molecule has 0 aromatic carbocycles. The van der Waals surface area contributed by atoms with Gasteiger partial charge < -0.3 is 24.7 Å². The van der Waals surface area contributed by atoms with Crippen LogP contribution in [0.5, 0.6) is 0 Å². The Morgan fingerprint density at radius 3 is 2.74 bits per heavy atom. The van der Waals surface area contributed by atoms with Gasteiger partial charge in [0.1, 0.15) is 6.54 Å². The predicted octanol–water partition coefficient (Wildman–Crippen LogP) is 0.403. The fraction of sp³-hybridized carbons (Fsp3) is 0.667. The normalized spacial score (nSPS) is 22.1. The number of rotatable bonds is 8. The van der Waals surface area contributed by atoms with Gasteiger partial charge in [-0.25, -0.2) is 4.98 Å². The summed E-state index contributed by atoms with van der Waals surface area (Å²) in [7, 11) is 3.04. The zero-order valence-corrected chi connectivity index (χ0v) is 16.1. The second-order valence-electron chi connectivity index (χ2n) is 6.65. The van der Waals surface area contributed by atoms with Crippen molar-refractivity contribution in [3.05, 3.63) is 18.2 Å². The maximum Gasteiger partial charge on any atom is 0.325 e. The maximum atomic E-state index is 12.5. The van der Waals surface area contributed by atoms with Crippen molar-refractivity contribution in [2.45, 2.75) is 44.8 Å². The number of nitrogens with one attached hydrogen (secondary N) is 2. The van der Waals surface area contributed by atoms with E-state index in [4.69, 9.17) is 4.74 Å². The van der Waals surface area contributed by atoms with Gasteiger partial charge in [0.25, 0.3) is 5.91 Å². The Morgan fingerprint density at radius 2 is 2.11 bits per heavy atom. The quantitative estimate of drug-likeness (QED) is 0.632. The highest BCUT2D eigenvalue weighted by molar-refractivity contribution is 5.91. The van der Waals surface area contributed by atoms with Crippen LogP contribution in [0.2, 0.25) is 0 Å². The fourth-order valence-electron chi connectivity index (χ4n) is 3.18. The van der Waals surface area contributed by atoms with Crippen LogP contribution in [0.4, 0.5) is 0 Å². The number of hydrogen-bond acceptors (Lipinski definition) is 6. The van der Waals surface area contributed by atoms with Crippen molar-refractivity contribution >= 4 is 17.8 Å². The Kier molecular flexibility index (Phi) is 7.78. The molecule has 1 aromatic rings. The Hall–Kier alpha value is -2.42. The van der Waals surface area contributed by atoms with Crippen molar-refractivity contribution in [3.63, 3.8) is 0 Å². The molecule has 2 rings (SSSR count). The summed E-state index contributed by atoms with van der Waals surface area (Å²) in [6.45, 7) is 2.41. The van der Waals surface area contributed by atoms with Crippen LogP contribution >= 0.6 is 0 Å². The van der Waals surface area contributed by atoms with Gasteiger partial charge in [-0.1, -0.05) is 6.92 Å². The van der Waals surface area contributed by atoms with E-state index >= 15 is 0 Å². The van der Waals surface area contributed by atoms with Crippen LogP contribution in [0.1, 0.15) is 43.2 Å². The maximum absolute atomic E-state index is 12.5. The summed E-state index contributed by atoms with van der Waals surface area (Å²) in [6.07, 6.45) is 5.56. The number of imidazole rings is 1. The van der Waals surface area contributed by atoms with E-state index < -0.39 is 5.97 Å². The molecule has 1 aliphatic carbocycles. The molecule has 0 aliphatic heterocycles. The summed E-state index contributed by atoms with van der Waals surface area (Å²) >= 11 is 0. The minimum atomic E-state index is -0.488. The summed E-state index contributed by atoms with van der Waals surface area (Å²) in [6, 6.07) is -0.189. The number of esters is 1. The van der Waals surface area contributed by atoms with E-state index in [1.54, 1.807) is 24.0 Å². The molecule has 0 radical (unpaired) electrons. The molecule has 1 fully saturated rings. The number of carbonyl (C=O) groups excluding carboxylic acids is 3. The summed E-state index contributed by atoms with van der Waals surface area (Å²) in [5.41, 5.74) is 0. The number of carbonyl (C=O) groups is 3. The predicted molar refractivity (Wildman–Crippen MR) is 96.9 cm³/mol. The second-order valence-corrected chi connectivity index (χ2v) is 6.65. The van der Waals surface area contributed by atoms with E-state index in [-0.39, 0.29) is 36.4 Å². The number of aromatic nitrogens is 2. The van der Waals surface area contributed by atoms with Crippen LogP contribution in [0.15, 0.2) is 12.4 Å². The minimum absolute atomic E-state index is 0.147. The molecule has 27 heavy (non-hydrogen) atoms. The monoisotopic (exact) mass is 380 g/mol. The number of aryl methyl sites for hydroxylation is 1. The van der Waals surface area contributed by atoms with Gasteiger partial charge in [-0.15, -0.1) is 0 Å². The number of nitrogens with zero attached hydrogens (tertiary/aromatic N) is 2. The van der Waals surface area contributed by atoms with Crippen molar-refractivity contribution in [3.8, 4) is 0 Å². The molecule has 0 spiro atoms. The Balaban J connectivity index is 1.96. The van der Waals surface area contributed by atoms with Gasteiger partial charge in [-0.05, 0) is 25.7 Å². The summed E-state index contributed by atoms with van der Waals surface area (Å²) in [5, 5.41) is 5.58. The van der Waals surface area contributed by atoms with Crippen LogP contribution in [0, 0.1) is 5.92 Å². The molecule has 9 heteroatoms. The van der Waals surface area contributed by atoms with Crippen molar-refractivity contribution in [1.82, 2.24) is 20.2 Å². The van der Waals surface area contributed by atoms with Crippen molar-refractivity contribution < 1.29 is 23.9 Å². The first-order valence-corrected chi connectivity index (χ1v) is 9.20. The van der Waals surface area contributed by atoms with Gasteiger partial charge in [-0.2, -0.15) is 0 Å². The molecule has 2 amide bonds. The molecular weight excluding hydrogens is 352 g/mol. The highest BCUT2D eigenvalue weighted by Crippen LogP contribution is 2.27. The molecule has 9 nitrogen and oxygen atoms in total. The first-order valence-electron chi connectivity index (χ1n) is 9.20. The third kappa shape index (κ3) is 5.78. The number of amides is 2. The topological polar surface area (TPSA) is 112 Å². The van der Waals surface area contributed by atoms with Gasteiger partial charge in [0.2, 0.25) is 5.91 Å². The summed E-state index contributed by atoms with van der Waals surface area (Å²) < 4.78 is 12.1. The lowest BCUT2D eigenvalue weighted by Gasteiger charge is -2.35. The molecule has 0 unspecified atom stereocenters. The Bertz CT molecular complexity index is 660. The van der Waals surface area contributed by atoms with Crippen molar-refractivity contribution in [2.24, 2.45) is 13.0 Å². The average Bonchev–Trinajstić information content (AvgIpc) is 3.10. The zero-order chi connectivity index (χ0) is 19.8. The zero-order valence-electron chi connectivity index (χ0n) is 16.1. The van der Waals surface area contributed by atoms with Crippen LogP contribution in [-0.2, 0) is 26.1 Å². The average molecular weight is 380 g/mol. The van der Waals surface area contributed by atoms with Gasteiger partial charge >= 0.3 is 5.97 Å². The molecule has 2 N–H and O–H groups in total. The fourth-order valence-corrected chi connectivity index (χ4v) is 3.18. The van der Waals surface area contributed by atoms with Gasteiger partial charge in [0, 0.05) is 32.0 Å². The third-order valence-corrected chi connectivity index (χ3v) is 4.67. The van der Waals surface area contributed by atoms with Crippen molar-refractivity contribution in [2.75, 3.05) is 20.3 Å². The van der Waals surface area contributed by atoms with Crippen LogP contribution in [-0.4, -0.2) is 59.7 Å². The number of methoxy groups -OCH3 is 1. The lowest BCUT2D eigenvalue weighted by atomic mass is 9.83. The molecule has 1 saturated carbocycles. The van der Waals surface area contributed by atoms with E-state index in [0.29, 0.717) is 31.7 Å². The van der Waals surface area contributed by atoms with Crippen LogP contribution < -0.4 is 10.6 Å². The van der Waals surface area contributed by atoms with Crippen molar-refractivity contribution in [1.29, 1.82) is 0 Å². The molecule has 1 aromatic heterocycles. The molecule has 1 aliphatic rings. The molecule has 150 valence electrons. The van der Waals surface area contributed by atoms with Gasteiger partial charge in [0.15, 0.2) is 5.82 Å². The first-order chi connectivity index (χ1) is 13.0. The smallest absolute Gasteiger partial charge is 0.325 e. The highest BCUT2D eigenvalue weighted by atomic mass is 16.5.